The monoisotopic (exact) mass is 336 g/mol. The van der Waals surface area contributed by atoms with Gasteiger partial charge in [-0.15, -0.1) is 10.2 Å². The second-order valence-corrected chi connectivity index (χ2v) is 5.61. The van der Waals surface area contributed by atoms with Crippen LogP contribution >= 0.6 is 0 Å². The third-order valence-electron chi connectivity index (χ3n) is 3.59. The molecule has 0 saturated carbocycles. The Labute approximate surface area is 144 Å². The van der Waals surface area contributed by atoms with E-state index in [0.29, 0.717) is 18.2 Å². The largest absolute Gasteiger partial charge is 0.365 e. The van der Waals surface area contributed by atoms with Crippen molar-refractivity contribution < 1.29 is 9.18 Å². The van der Waals surface area contributed by atoms with Gasteiger partial charge in [-0.2, -0.15) is 0 Å². The van der Waals surface area contributed by atoms with Crippen LogP contribution in [-0.2, 0) is 6.54 Å². The summed E-state index contributed by atoms with van der Waals surface area (Å²) >= 11 is 0. The average Bonchev–Trinajstić information content (AvgIpc) is 2.62. The van der Waals surface area contributed by atoms with Gasteiger partial charge in [-0.05, 0) is 42.8 Å². The summed E-state index contributed by atoms with van der Waals surface area (Å²) in [7, 11) is 0. The van der Waals surface area contributed by atoms with Crippen molar-refractivity contribution in [1.82, 2.24) is 10.2 Å². The molecule has 3 rings (SSSR count). The molecular weight excluding hydrogens is 319 g/mol. The zero-order valence-electron chi connectivity index (χ0n) is 13.7. The third kappa shape index (κ3) is 4.60. The zero-order valence-corrected chi connectivity index (χ0v) is 13.7. The van der Waals surface area contributed by atoms with Crippen molar-refractivity contribution in [3.8, 4) is 0 Å². The first kappa shape index (κ1) is 16.6. The highest BCUT2D eigenvalue weighted by atomic mass is 19.1. The second-order valence-electron chi connectivity index (χ2n) is 5.61. The summed E-state index contributed by atoms with van der Waals surface area (Å²) in [6.07, 6.45) is 0. The van der Waals surface area contributed by atoms with Crippen LogP contribution in [0.4, 0.5) is 16.0 Å². The number of aromatic nitrogens is 2. The van der Waals surface area contributed by atoms with Crippen molar-refractivity contribution in [3.63, 3.8) is 0 Å². The summed E-state index contributed by atoms with van der Waals surface area (Å²) in [5.74, 6) is 0.00280. The molecule has 0 saturated heterocycles. The number of anilines is 2. The van der Waals surface area contributed by atoms with Gasteiger partial charge in [-0.3, -0.25) is 4.79 Å². The van der Waals surface area contributed by atoms with Crippen LogP contribution in [0.1, 0.15) is 21.5 Å². The lowest BCUT2D eigenvalue weighted by molar-refractivity contribution is 0.102. The van der Waals surface area contributed by atoms with E-state index in [4.69, 9.17) is 0 Å². The maximum Gasteiger partial charge on any atom is 0.256 e. The van der Waals surface area contributed by atoms with Gasteiger partial charge in [-0.1, -0.05) is 35.9 Å². The summed E-state index contributed by atoms with van der Waals surface area (Å²) < 4.78 is 13.1. The molecule has 6 heteroatoms. The molecule has 0 atom stereocenters. The number of hydrogen-bond donors (Lipinski definition) is 2. The summed E-state index contributed by atoms with van der Waals surface area (Å²) in [5, 5.41) is 13.7. The van der Waals surface area contributed by atoms with Crippen LogP contribution in [0.5, 0.6) is 0 Å². The lowest BCUT2D eigenvalue weighted by Crippen LogP contribution is -2.14. The maximum atomic E-state index is 13.1. The van der Waals surface area contributed by atoms with E-state index in [1.165, 1.54) is 29.8 Å². The van der Waals surface area contributed by atoms with Gasteiger partial charge in [-0.25, -0.2) is 4.39 Å². The number of aryl methyl sites for hydroxylation is 1. The Morgan fingerprint density at radius 1 is 1.00 bits per heavy atom. The van der Waals surface area contributed by atoms with Crippen LogP contribution in [0, 0.1) is 12.7 Å². The number of carbonyl (C=O) groups excluding carboxylic acids is 1. The molecule has 0 aliphatic heterocycles. The molecular formula is C19H17FN4O. The molecule has 126 valence electrons. The molecule has 25 heavy (non-hydrogen) atoms. The lowest BCUT2D eigenvalue weighted by Gasteiger charge is -2.07. The van der Waals surface area contributed by atoms with Gasteiger partial charge in [0.25, 0.3) is 5.91 Å². The van der Waals surface area contributed by atoms with Crippen LogP contribution in [0.3, 0.4) is 0 Å². The fraction of sp³-hybridized carbons (Fsp3) is 0.105. The number of hydrogen-bond acceptors (Lipinski definition) is 4. The predicted octanol–water partition coefficient (Wildman–Crippen LogP) is 3.79. The predicted molar refractivity (Wildman–Crippen MR) is 94.9 cm³/mol. The minimum Gasteiger partial charge on any atom is -0.365 e. The molecule has 1 amide bonds. The van der Waals surface area contributed by atoms with Gasteiger partial charge in [0.15, 0.2) is 5.82 Å². The van der Waals surface area contributed by atoms with E-state index in [9.17, 15) is 9.18 Å². The summed E-state index contributed by atoms with van der Waals surface area (Å²) in [6.45, 7) is 2.67. The molecule has 1 heterocycles. The Bertz CT molecular complexity index is 863. The molecule has 0 bridgehead atoms. The van der Waals surface area contributed by atoms with Crippen molar-refractivity contribution in [2.45, 2.75) is 13.5 Å². The fourth-order valence-corrected chi connectivity index (χ4v) is 2.21. The van der Waals surface area contributed by atoms with E-state index < -0.39 is 11.7 Å². The van der Waals surface area contributed by atoms with Gasteiger partial charge in [0, 0.05) is 12.1 Å². The minimum atomic E-state index is -0.464. The molecule has 5 nitrogen and oxygen atoms in total. The van der Waals surface area contributed by atoms with Crippen molar-refractivity contribution in [2.24, 2.45) is 0 Å². The van der Waals surface area contributed by atoms with Gasteiger partial charge >= 0.3 is 0 Å². The standard InChI is InChI=1S/C19H17FN4O/c1-13-5-7-14(8-6-13)12-21-17-9-10-18(24-23-17)22-19(25)15-3-2-4-16(20)11-15/h2-11H,12H2,1H3,(H,21,23)(H,22,24,25). The van der Waals surface area contributed by atoms with Gasteiger partial charge in [0.1, 0.15) is 11.6 Å². The van der Waals surface area contributed by atoms with Crippen molar-refractivity contribution in [3.05, 3.63) is 83.2 Å². The zero-order chi connectivity index (χ0) is 17.6. The molecule has 2 aromatic carbocycles. The molecule has 0 fully saturated rings. The molecule has 3 aromatic rings. The molecule has 2 N–H and O–H groups in total. The number of amides is 1. The highest BCUT2D eigenvalue weighted by Gasteiger charge is 2.08. The van der Waals surface area contributed by atoms with E-state index in [1.807, 2.05) is 31.2 Å². The Morgan fingerprint density at radius 2 is 1.72 bits per heavy atom. The van der Waals surface area contributed by atoms with Crippen molar-refractivity contribution in [2.75, 3.05) is 10.6 Å². The van der Waals surface area contributed by atoms with Gasteiger partial charge in [0.05, 0.1) is 0 Å². The molecule has 0 radical (unpaired) electrons. The van der Waals surface area contributed by atoms with Crippen LogP contribution in [0.15, 0.2) is 60.7 Å². The SMILES string of the molecule is Cc1ccc(CNc2ccc(NC(=O)c3cccc(F)c3)nn2)cc1. The number of rotatable bonds is 5. The van der Waals surface area contributed by atoms with E-state index in [0.717, 1.165) is 5.56 Å². The Hall–Kier alpha value is -3.28. The topological polar surface area (TPSA) is 66.9 Å². The normalized spacial score (nSPS) is 10.3. The van der Waals surface area contributed by atoms with E-state index in [2.05, 4.69) is 20.8 Å². The third-order valence-corrected chi connectivity index (χ3v) is 3.59. The number of benzene rings is 2. The van der Waals surface area contributed by atoms with Gasteiger partial charge < -0.3 is 10.6 Å². The number of nitrogens with one attached hydrogen (secondary N) is 2. The average molecular weight is 336 g/mol. The number of halogens is 1. The lowest BCUT2D eigenvalue weighted by atomic mass is 10.1. The summed E-state index contributed by atoms with van der Waals surface area (Å²) in [6, 6.07) is 17.0. The fourth-order valence-electron chi connectivity index (χ4n) is 2.21. The van der Waals surface area contributed by atoms with Crippen LogP contribution in [0.25, 0.3) is 0 Å². The quantitative estimate of drug-likeness (QED) is 0.744. The molecule has 0 unspecified atom stereocenters. The molecule has 0 aliphatic rings. The Morgan fingerprint density at radius 3 is 2.40 bits per heavy atom. The molecule has 1 aromatic heterocycles. The van der Waals surface area contributed by atoms with Crippen molar-refractivity contribution >= 4 is 17.5 Å². The second kappa shape index (κ2) is 7.53. The van der Waals surface area contributed by atoms with E-state index >= 15 is 0 Å². The van der Waals surface area contributed by atoms with Crippen LogP contribution < -0.4 is 10.6 Å². The highest BCUT2D eigenvalue weighted by molar-refractivity contribution is 6.03. The summed E-state index contributed by atoms with van der Waals surface area (Å²) in [4.78, 5) is 12.0. The first-order chi connectivity index (χ1) is 12.1. The van der Waals surface area contributed by atoms with Crippen molar-refractivity contribution in [1.29, 1.82) is 0 Å². The van der Waals surface area contributed by atoms with E-state index in [-0.39, 0.29) is 5.56 Å². The first-order valence-electron chi connectivity index (χ1n) is 7.80. The number of carbonyl (C=O) groups is 1. The van der Waals surface area contributed by atoms with Crippen LogP contribution in [0.2, 0.25) is 0 Å². The van der Waals surface area contributed by atoms with Gasteiger partial charge in [0.2, 0.25) is 0 Å². The smallest absolute Gasteiger partial charge is 0.256 e. The first-order valence-corrected chi connectivity index (χ1v) is 7.80. The maximum absolute atomic E-state index is 13.1. The highest BCUT2D eigenvalue weighted by Crippen LogP contribution is 2.11. The Balaban J connectivity index is 1.58. The minimum absolute atomic E-state index is 0.225. The number of nitrogens with zero attached hydrogens (tertiary/aromatic N) is 2. The summed E-state index contributed by atoms with van der Waals surface area (Å²) in [5.41, 5.74) is 2.57. The van der Waals surface area contributed by atoms with E-state index in [1.54, 1.807) is 12.1 Å². The molecule has 0 spiro atoms. The Kier molecular flexibility index (Phi) is 4.99. The van der Waals surface area contributed by atoms with Crippen LogP contribution in [-0.4, -0.2) is 16.1 Å². The molecule has 0 aliphatic carbocycles.